The van der Waals surface area contributed by atoms with Crippen LogP contribution in [0.2, 0.25) is 0 Å². The molecule has 1 aromatic heterocycles. The molecule has 142 valence electrons. The number of cyclic esters (lactones) is 1. The maximum absolute atomic E-state index is 12.7. The molecule has 0 saturated carbocycles. The summed E-state index contributed by atoms with van der Waals surface area (Å²) in [6, 6.07) is 14.2. The third-order valence-electron chi connectivity index (χ3n) is 5.40. The van der Waals surface area contributed by atoms with Crippen LogP contribution >= 0.6 is 0 Å². The van der Waals surface area contributed by atoms with Crippen molar-refractivity contribution in [2.45, 2.75) is 13.0 Å². The number of nitrogens with zero attached hydrogens (tertiary/aromatic N) is 3. The van der Waals surface area contributed by atoms with Crippen molar-refractivity contribution in [2.75, 3.05) is 26.2 Å². The molecule has 1 fully saturated rings. The highest BCUT2D eigenvalue weighted by molar-refractivity contribution is 5.96. The highest BCUT2D eigenvalue weighted by atomic mass is 16.6. The van der Waals surface area contributed by atoms with Crippen molar-refractivity contribution in [3.63, 3.8) is 0 Å². The van der Waals surface area contributed by atoms with Gasteiger partial charge in [0, 0.05) is 24.1 Å². The number of ether oxygens (including phenoxy) is 1. The first-order valence-corrected chi connectivity index (χ1v) is 9.36. The molecule has 5 rings (SSSR count). The fraction of sp³-hybridized carbons (Fsp3) is 0.286. The standard InChI is InChI=1S/C21H19N3O4/c25-19(13-24-10-11-27-21(24)26)23-9-8-18-17(12-23)20(22-28-18)16-7-3-5-14-4-1-2-6-15(14)16/h1-7H,8-13H2. The summed E-state index contributed by atoms with van der Waals surface area (Å²) in [6.45, 7) is 1.83. The molecule has 0 atom stereocenters. The molecule has 1 saturated heterocycles. The molecule has 0 radical (unpaired) electrons. The molecule has 2 amide bonds. The summed E-state index contributed by atoms with van der Waals surface area (Å²) in [5.41, 5.74) is 2.73. The molecule has 0 N–H and O–H groups in total. The van der Waals surface area contributed by atoms with E-state index < -0.39 is 6.09 Å². The van der Waals surface area contributed by atoms with Gasteiger partial charge in [-0.25, -0.2) is 4.79 Å². The van der Waals surface area contributed by atoms with Crippen LogP contribution < -0.4 is 0 Å². The Morgan fingerprint density at radius 3 is 2.82 bits per heavy atom. The van der Waals surface area contributed by atoms with E-state index in [0.29, 0.717) is 32.7 Å². The first-order valence-electron chi connectivity index (χ1n) is 9.36. The van der Waals surface area contributed by atoms with Gasteiger partial charge >= 0.3 is 6.09 Å². The SMILES string of the molecule is O=C(CN1CCOC1=O)N1CCc2onc(-c3cccc4ccccc34)c2C1. The van der Waals surface area contributed by atoms with Crippen LogP contribution in [0.1, 0.15) is 11.3 Å². The molecule has 3 heterocycles. The monoisotopic (exact) mass is 377 g/mol. The molecular weight excluding hydrogens is 358 g/mol. The first-order chi connectivity index (χ1) is 13.7. The number of hydrogen-bond acceptors (Lipinski definition) is 5. The van der Waals surface area contributed by atoms with Gasteiger partial charge in [-0.05, 0) is 10.8 Å². The third-order valence-corrected chi connectivity index (χ3v) is 5.40. The third kappa shape index (κ3) is 2.79. The maximum atomic E-state index is 12.7. The van der Waals surface area contributed by atoms with Crippen molar-refractivity contribution in [2.24, 2.45) is 0 Å². The summed E-state index contributed by atoms with van der Waals surface area (Å²) in [5, 5.41) is 6.56. The minimum Gasteiger partial charge on any atom is -0.448 e. The topological polar surface area (TPSA) is 75.9 Å². The van der Waals surface area contributed by atoms with E-state index >= 15 is 0 Å². The molecule has 28 heavy (non-hydrogen) atoms. The highest BCUT2D eigenvalue weighted by Crippen LogP contribution is 2.34. The number of amides is 2. The van der Waals surface area contributed by atoms with E-state index in [4.69, 9.17) is 9.26 Å². The van der Waals surface area contributed by atoms with Gasteiger partial charge in [0.1, 0.15) is 24.6 Å². The van der Waals surface area contributed by atoms with Crippen LogP contribution in [0, 0.1) is 0 Å². The molecule has 2 aliphatic rings. The van der Waals surface area contributed by atoms with Crippen LogP contribution in [0.3, 0.4) is 0 Å². The highest BCUT2D eigenvalue weighted by Gasteiger charge is 2.31. The summed E-state index contributed by atoms with van der Waals surface area (Å²) in [4.78, 5) is 27.5. The lowest BCUT2D eigenvalue weighted by molar-refractivity contribution is -0.132. The van der Waals surface area contributed by atoms with Crippen LogP contribution in [0.5, 0.6) is 0 Å². The Hall–Kier alpha value is -3.35. The van der Waals surface area contributed by atoms with Crippen LogP contribution in [0.25, 0.3) is 22.0 Å². The van der Waals surface area contributed by atoms with Crippen molar-refractivity contribution in [3.8, 4) is 11.3 Å². The zero-order valence-electron chi connectivity index (χ0n) is 15.3. The Labute approximate surface area is 161 Å². The lowest BCUT2D eigenvalue weighted by Crippen LogP contribution is -2.42. The van der Waals surface area contributed by atoms with Gasteiger partial charge < -0.3 is 14.2 Å². The van der Waals surface area contributed by atoms with E-state index in [2.05, 4.69) is 23.4 Å². The molecule has 0 aliphatic carbocycles. The van der Waals surface area contributed by atoms with Gasteiger partial charge in [-0.15, -0.1) is 0 Å². The van der Waals surface area contributed by atoms with Crippen LogP contribution in [0.4, 0.5) is 4.79 Å². The Kier molecular flexibility index (Phi) is 4.00. The van der Waals surface area contributed by atoms with Gasteiger partial charge in [0.15, 0.2) is 0 Å². The van der Waals surface area contributed by atoms with E-state index in [1.54, 1.807) is 4.90 Å². The average molecular weight is 377 g/mol. The van der Waals surface area contributed by atoms with Gasteiger partial charge in [-0.2, -0.15) is 0 Å². The predicted octanol–water partition coefficient (Wildman–Crippen LogP) is 2.83. The number of aromatic nitrogens is 1. The zero-order valence-corrected chi connectivity index (χ0v) is 15.3. The molecule has 7 nitrogen and oxygen atoms in total. The second-order valence-electron chi connectivity index (χ2n) is 7.06. The van der Waals surface area contributed by atoms with E-state index in [9.17, 15) is 9.59 Å². The van der Waals surface area contributed by atoms with Gasteiger partial charge in [-0.1, -0.05) is 47.6 Å². The van der Waals surface area contributed by atoms with E-state index in [-0.39, 0.29) is 12.5 Å². The number of rotatable bonds is 3. The van der Waals surface area contributed by atoms with Crippen LogP contribution in [0.15, 0.2) is 47.0 Å². The number of carbonyl (C=O) groups is 2. The number of hydrogen-bond donors (Lipinski definition) is 0. The second kappa shape index (κ2) is 6.67. The van der Waals surface area contributed by atoms with Gasteiger partial charge in [0.05, 0.1) is 13.1 Å². The molecule has 3 aromatic rings. The minimum atomic E-state index is -0.424. The maximum Gasteiger partial charge on any atom is 0.410 e. The Balaban J connectivity index is 1.44. The molecule has 0 spiro atoms. The normalized spacial score (nSPS) is 16.4. The lowest BCUT2D eigenvalue weighted by atomic mass is 9.97. The predicted molar refractivity (Wildman–Crippen MR) is 101 cm³/mol. The number of benzene rings is 2. The molecule has 2 aromatic carbocycles. The second-order valence-corrected chi connectivity index (χ2v) is 7.06. The smallest absolute Gasteiger partial charge is 0.410 e. The van der Waals surface area contributed by atoms with Crippen LogP contribution in [-0.2, 0) is 22.5 Å². The molecular formula is C21H19N3O4. The summed E-state index contributed by atoms with van der Waals surface area (Å²) >= 11 is 0. The average Bonchev–Trinajstić information content (AvgIpc) is 3.33. The van der Waals surface area contributed by atoms with Crippen molar-refractivity contribution in [1.82, 2.24) is 15.0 Å². The molecule has 0 unspecified atom stereocenters. The Bertz CT molecular complexity index is 1070. The fourth-order valence-corrected chi connectivity index (χ4v) is 3.90. The summed E-state index contributed by atoms with van der Waals surface area (Å²) in [6.07, 6.45) is 0.191. The van der Waals surface area contributed by atoms with Gasteiger partial charge in [0.2, 0.25) is 5.91 Å². The summed E-state index contributed by atoms with van der Waals surface area (Å²) < 4.78 is 10.5. The van der Waals surface area contributed by atoms with Gasteiger partial charge in [0.25, 0.3) is 0 Å². The molecule has 7 heteroatoms. The van der Waals surface area contributed by atoms with Crippen molar-refractivity contribution in [1.29, 1.82) is 0 Å². The van der Waals surface area contributed by atoms with Crippen LogP contribution in [-0.4, -0.2) is 53.2 Å². The quantitative estimate of drug-likeness (QED) is 0.702. The molecule has 2 aliphatic heterocycles. The number of fused-ring (bicyclic) bond motifs is 2. The lowest BCUT2D eigenvalue weighted by Gasteiger charge is -2.27. The van der Waals surface area contributed by atoms with E-state index in [1.165, 1.54) is 4.90 Å². The Morgan fingerprint density at radius 2 is 1.96 bits per heavy atom. The minimum absolute atomic E-state index is 0.0447. The van der Waals surface area contributed by atoms with Gasteiger partial charge in [-0.3, -0.25) is 9.69 Å². The summed E-state index contributed by atoms with van der Waals surface area (Å²) in [7, 11) is 0. The zero-order chi connectivity index (χ0) is 19.1. The largest absolute Gasteiger partial charge is 0.448 e. The fourth-order valence-electron chi connectivity index (χ4n) is 3.90. The summed E-state index contributed by atoms with van der Waals surface area (Å²) in [5.74, 6) is 0.738. The van der Waals surface area contributed by atoms with E-state index in [0.717, 1.165) is 33.4 Å². The van der Waals surface area contributed by atoms with Crippen molar-refractivity contribution >= 4 is 22.8 Å². The number of carbonyl (C=O) groups excluding carboxylic acids is 2. The molecule has 0 bridgehead atoms. The van der Waals surface area contributed by atoms with E-state index in [1.807, 2.05) is 24.3 Å². The first kappa shape index (κ1) is 16.8. The van der Waals surface area contributed by atoms with Crippen molar-refractivity contribution in [3.05, 3.63) is 53.8 Å². The van der Waals surface area contributed by atoms with Crippen molar-refractivity contribution < 1.29 is 18.8 Å². The Morgan fingerprint density at radius 1 is 1.11 bits per heavy atom.